The number of hydrogen-bond donors (Lipinski definition) is 2. The van der Waals surface area contributed by atoms with E-state index in [4.69, 9.17) is 4.74 Å². The Bertz CT molecular complexity index is 1100. The molecule has 2 aromatic rings. The number of nitrogens with zero attached hydrogens (tertiary/aromatic N) is 1. The van der Waals surface area contributed by atoms with Crippen molar-refractivity contribution >= 4 is 22.5 Å². The van der Waals surface area contributed by atoms with Gasteiger partial charge in [-0.05, 0) is 59.3 Å². The van der Waals surface area contributed by atoms with Crippen LogP contribution in [0.15, 0.2) is 24.9 Å². The van der Waals surface area contributed by atoms with Gasteiger partial charge in [-0.3, -0.25) is 4.79 Å². The molecule has 0 fully saturated rings. The number of methoxy groups -OCH3 is 1. The molecular formula is C29H43N3O2. The van der Waals surface area contributed by atoms with Crippen LogP contribution in [0.2, 0.25) is 0 Å². The first-order chi connectivity index (χ1) is 16.0. The van der Waals surface area contributed by atoms with E-state index >= 15 is 0 Å². The number of allylic oxidation sites excluding steroid dienone is 1. The fourth-order valence-electron chi connectivity index (χ4n) is 6.42. The van der Waals surface area contributed by atoms with Gasteiger partial charge in [-0.1, -0.05) is 47.6 Å². The molecule has 1 amide bonds. The minimum atomic E-state index is -0.263. The lowest BCUT2D eigenvalue weighted by atomic mass is 9.57. The summed E-state index contributed by atoms with van der Waals surface area (Å²) in [6, 6.07) is 2.08. The number of likely N-dealkylation sites (N-methyl/N-ethyl adjacent to an activating group) is 1. The molecule has 4 atom stereocenters. The Kier molecular flexibility index (Phi) is 6.39. The number of ether oxygens (including phenoxy) is 1. The maximum atomic E-state index is 13.5. The number of aromatic nitrogens is 1. The van der Waals surface area contributed by atoms with Crippen molar-refractivity contribution in [3.05, 3.63) is 41.6 Å². The molecule has 0 saturated heterocycles. The molecule has 0 saturated carbocycles. The second-order valence-corrected chi connectivity index (χ2v) is 11.7. The first kappa shape index (κ1) is 24.8. The van der Waals surface area contributed by atoms with Crippen LogP contribution in [0.25, 0.3) is 10.9 Å². The largest absolute Gasteiger partial charge is 0.383 e. The Balaban J connectivity index is 2.09. The van der Waals surface area contributed by atoms with Gasteiger partial charge in [0.1, 0.15) is 6.04 Å². The maximum Gasteiger partial charge on any atom is 0.243 e. The van der Waals surface area contributed by atoms with E-state index in [2.05, 4.69) is 88.7 Å². The number of H-pyrrole nitrogens is 1. The molecule has 5 heteroatoms. The number of aromatic amines is 1. The molecule has 0 bridgehead atoms. The molecule has 1 aromatic carbocycles. The van der Waals surface area contributed by atoms with Gasteiger partial charge in [-0.15, -0.1) is 6.58 Å². The number of benzene rings is 1. The molecule has 5 nitrogen and oxygen atoms in total. The van der Waals surface area contributed by atoms with Crippen LogP contribution in [-0.4, -0.2) is 43.7 Å². The second kappa shape index (κ2) is 8.75. The number of carbonyl (C=O) groups is 1. The average molecular weight is 466 g/mol. The van der Waals surface area contributed by atoms with Crippen LogP contribution in [0.5, 0.6) is 0 Å². The molecule has 4 rings (SSSR count). The summed E-state index contributed by atoms with van der Waals surface area (Å²) in [7, 11) is 3.78. The number of amides is 1. The van der Waals surface area contributed by atoms with Crippen molar-refractivity contribution < 1.29 is 9.53 Å². The standard InChI is InChI=1S/C29H43N3O2/c1-10-28(6)11-12-29(7,18(4)5)21-14-22-23-19(15-30-25(23)24(21)28)13-20(16-34-9)31-27(33)26(17(2)3)32(22)8/h10,14-15,17-18,20,26,30H,1,11-13,16H2,2-9H3,(H,31,33)/t20-,26+,28-,29+/m1/s1. The molecule has 0 radical (unpaired) electrons. The van der Waals surface area contributed by atoms with E-state index in [0.717, 1.165) is 24.9 Å². The fourth-order valence-corrected chi connectivity index (χ4v) is 6.42. The van der Waals surface area contributed by atoms with Gasteiger partial charge in [0.25, 0.3) is 0 Å². The van der Waals surface area contributed by atoms with Crippen molar-refractivity contribution in [2.45, 2.75) is 83.7 Å². The lowest BCUT2D eigenvalue weighted by Gasteiger charge is -2.47. The number of carbonyl (C=O) groups excluding carboxylic acids is 1. The quantitative estimate of drug-likeness (QED) is 0.576. The molecule has 0 unspecified atom stereocenters. The third kappa shape index (κ3) is 3.67. The molecule has 2 aliphatic rings. The van der Waals surface area contributed by atoms with Crippen molar-refractivity contribution in [1.29, 1.82) is 0 Å². The average Bonchev–Trinajstić information content (AvgIpc) is 3.19. The Morgan fingerprint density at radius 2 is 1.97 bits per heavy atom. The first-order valence-electron chi connectivity index (χ1n) is 12.8. The third-order valence-corrected chi connectivity index (χ3v) is 8.97. The summed E-state index contributed by atoms with van der Waals surface area (Å²) in [5, 5.41) is 4.53. The highest BCUT2D eigenvalue weighted by atomic mass is 16.5. The van der Waals surface area contributed by atoms with Gasteiger partial charge in [0.2, 0.25) is 5.91 Å². The summed E-state index contributed by atoms with van der Waals surface area (Å²) in [6.07, 6.45) is 7.22. The molecule has 1 aliphatic carbocycles. The summed E-state index contributed by atoms with van der Waals surface area (Å²) in [6.45, 7) is 18.4. The zero-order chi connectivity index (χ0) is 25.0. The maximum absolute atomic E-state index is 13.5. The molecule has 2 heterocycles. The van der Waals surface area contributed by atoms with Crippen molar-refractivity contribution in [3.63, 3.8) is 0 Å². The topological polar surface area (TPSA) is 57.4 Å². The highest BCUT2D eigenvalue weighted by molar-refractivity contribution is 6.01. The van der Waals surface area contributed by atoms with Crippen LogP contribution in [-0.2, 0) is 26.8 Å². The van der Waals surface area contributed by atoms with Gasteiger partial charge in [0, 0.05) is 36.8 Å². The molecule has 2 N–H and O–H groups in total. The van der Waals surface area contributed by atoms with Crippen LogP contribution in [0.4, 0.5) is 5.69 Å². The monoisotopic (exact) mass is 465 g/mol. The molecule has 1 aromatic heterocycles. The van der Waals surface area contributed by atoms with Gasteiger partial charge in [-0.2, -0.15) is 0 Å². The van der Waals surface area contributed by atoms with Crippen molar-refractivity contribution in [1.82, 2.24) is 10.3 Å². The number of nitrogens with one attached hydrogen (secondary N) is 2. The number of hydrogen-bond acceptors (Lipinski definition) is 3. The first-order valence-corrected chi connectivity index (χ1v) is 12.8. The lowest BCUT2D eigenvalue weighted by Crippen LogP contribution is -2.52. The zero-order valence-corrected chi connectivity index (χ0v) is 22.3. The van der Waals surface area contributed by atoms with Gasteiger partial charge >= 0.3 is 0 Å². The Morgan fingerprint density at radius 3 is 2.56 bits per heavy atom. The van der Waals surface area contributed by atoms with Gasteiger partial charge in [0.15, 0.2) is 0 Å². The summed E-state index contributed by atoms with van der Waals surface area (Å²) in [5.41, 5.74) is 6.32. The number of fused-ring (bicyclic) bond motifs is 2. The van der Waals surface area contributed by atoms with E-state index in [1.807, 2.05) is 0 Å². The van der Waals surface area contributed by atoms with Crippen LogP contribution in [0, 0.1) is 11.8 Å². The Labute approximate surface area is 205 Å². The predicted molar refractivity (Wildman–Crippen MR) is 142 cm³/mol. The molecule has 1 aliphatic heterocycles. The van der Waals surface area contributed by atoms with E-state index < -0.39 is 0 Å². The highest BCUT2D eigenvalue weighted by Gasteiger charge is 2.45. The predicted octanol–water partition coefficient (Wildman–Crippen LogP) is 5.47. The fraction of sp³-hybridized carbons (Fsp3) is 0.621. The van der Waals surface area contributed by atoms with Crippen LogP contribution < -0.4 is 10.2 Å². The number of anilines is 1. The molecular weight excluding hydrogens is 422 g/mol. The van der Waals surface area contributed by atoms with E-state index in [9.17, 15) is 4.79 Å². The highest BCUT2D eigenvalue weighted by Crippen LogP contribution is 2.54. The van der Waals surface area contributed by atoms with E-state index in [-0.39, 0.29) is 34.7 Å². The zero-order valence-electron chi connectivity index (χ0n) is 22.3. The molecule has 34 heavy (non-hydrogen) atoms. The van der Waals surface area contributed by atoms with Crippen LogP contribution >= 0.6 is 0 Å². The molecule has 0 spiro atoms. The summed E-state index contributed by atoms with van der Waals surface area (Å²) in [4.78, 5) is 19.4. The molecule has 186 valence electrons. The lowest BCUT2D eigenvalue weighted by molar-refractivity contribution is -0.124. The van der Waals surface area contributed by atoms with Crippen LogP contribution in [0.1, 0.15) is 71.1 Å². The van der Waals surface area contributed by atoms with Crippen molar-refractivity contribution in [2.24, 2.45) is 11.8 Å². The van der Waals surface area contributed by atoms with Crippen molar-refractivity contribution in [3.8, 4) is 0 Å². The Morgan fingerprint density at radius 1 is 1.26 bits per heavy atom. The smallest absolute Gasteiger partial charge is 0.243 e. The Hall–Kier alpha value is -2.27. The van der Waals surface area contributed by atoms with Gasteiger partial charge in [-0.25, -0.2) is 0 Å². The van der Waals surface area contributed by atoms with E-state index in [0.29, 0.717) is 12.5 Å². The van der Waals surface area contributed by atoms with Crippen molar-refractivity contribution in [2.75, 3.05) is 25.7 Å². The normalized spacial score (nSPS) is 29.6. The SMILES string of the molecule is C=C[C@]1(C)CC[C@@](C)(C(C)C)c2cc3c4c(c[nH]c4c21)C[C@H](COC)NC(=O)[C@H](C(C)C)N3C. The minimum Gasteiger partial charge on any atom is -0.383 e. The third-order valence-electron chi connectivity index (χ3n) is 8.97. The summed E-state index contributed by atoms with van der Waals surface area (Å²) < 4.78 is 5.49. The second-order valence-electron chi connectivity index (χ2n) is 11.7. The minimum absolute atomic E-state index is 0.0568. The van der Waals surface area contributed by atoms with Gasteiger partial charge in [0.05, 0.1) is 18.2 Å². The van der Waals surface area contributed by atoms with E-state index in [1.54, 1.807) is 7.11 Å². The van der Waals surface area contributed by atoms with E-state index in [1.165, 1.54) is 27.6 Å². The van der Waals surface area contributed by atoms with Gasteiger partial charge < -0.3 is 19.9 Å². The summed E-state index contributed by atoms with van der Waals surface area (Å²) >= 11 is 0. The van der Waals surface area contributed by atoms with Crippen LogP contribution in [0.3, 0.4) is 0 Å². The number of rotatable bonds is 5. The summed E-state index contributed by atoms with van der Waals surface area (Å²) in [5.74, 6) is 0.730.